The Hall–Kier alpha value is -3.80. The van der Waals surface area contributed by atoms with Crippen LogP contribution in [0.3, 0.4) is 0 Å². The number of carbonyl (C=O) groups is 2. The van der Waals surface area contributed by atoms with E-state index < -0.39 is 0 Å². The lowest BCUT2D eigenvalue weighted by molar-refractivity contribution is -0.117. The van der Waals surface area contributed by atoms with E-state index in [-0.39, 0.29) is 23.6 Å². The van der Waals surface area contributed by atoms with Crippen LogP contribution in [0, 0.1) is 0 Å². The number of amides is 2. The number of rotatable bonds is 2. The van der Waals surface area contributed by atoms with Crippen LogP contribution < -0.4 is 9.80 Å². The lowest BCUT2D eigenvalue weighted by Gasteiger charge is -2.40. The van der Waals surface area contributed by atoms with Crippen LogP contribution in [-0.2, 0) is 11.8 Å². The van der Waals surface area contributed by atoms with E-state index in [1.165, 1.54) is 11.6 Å². The lowest BCUT2D eigenvalue weighted by Crippen LogP contribution is -2.51. The molecular formula is C25H23N3O3. The highest BCUT2D eigenvalue weighted by atomic mass is 16.3. The van der Waals surface area contributed by atoms with E-state index in [9.17, 15) is 9.59 Å². The molecule has 0 bridgehead atoms. The van der Waals surface area contributed by atoms with Crippen LogP contribution in [0.1, 0.15) is 24.4 Å². The van der Waals surface area contributed by atoms with Crippen molar-refractivity contribution in [1.29, 1.82) is 0 Å². The Morgan fingerprint density at radius 1 is 0.968 bits per heavy atom. The molecule has 4 aromatic rings. The van der Waals surface area contributed by atoms with Gasteiger partial charge in [-0.1, -0.05) is 18.2 Å². The van der Waals surface area contributed by atoms with Gasteiger partial charge in [0.05, 0.1) is 23.7 Å². The van der Waals surface area contributed by atoms with Crippen LogP contribution in [0.25, 0.3) is 21.9 Å². The molecule has 2 aromatic heterocycles. The molecule has 3 heterocycles. The average Bonchev–Trinajstić information content (AvgIpc) is 3.40. The molecule has 2 amide bonds. The summed E-state index contributed by atoms with van der Waals surface area (Å²) < 4.78 is 7.40. The molecule has 6 heteroatoms. The number of carbonyl (C=O) groups excluding carboxylic acids is 2. The monoisotopic (exact) mass is 413 g/mol. The van der Waals surface area contributed by atoms with Crippen molar-refractivity contribution in [2.24, 2.45) is 7.05 Å². The Balaban J connectivity index is 1.64. The van der Waals surface area contributed by atoms with Crippen molar-refractivity contribution in [3.8, 4) is 11.1 Å². The van der Waals surface area contributed by atoms with Gasteiger partial charge in [0.2, 0.25) is 5.91 Å². The number of aryl methyl sites for hydroxylation is 1. The molecule has 156 valence electrons. The molecule has 0 N–H and O–H groups in total. The number of fused-ring (bicyclic) bond motifs is 2. The normalized spacial score (nSPS) is 15.9. The van der Waals surface area contributed by atoms with Crippen LogP contribution in [-0.4, -0.2) is 29.0 Å². The quantitative estimate of drug-likeness (QED) is 0.472. The number of hydrogen-bond donors (Lipinski definition) is 0. The number of hydrogen-bond acceptors (Lipinski definition) is 3. The fourth-order valence-electron chi connectivity index (χ4n) is 4.47. The molecule has 0 radical (unpaired) electrons. The van der Waals surface area contributed by atoms with Gasteiger partial charge in [-0.2, -0.15) is 0 Å². The van der Waals surface area contributed by atoms with Gasteiger partial charge in [0, 0.05) is 32.9 Å². The topological polar surface area (TPSA) is 58.7 Å². The summed E-state index contributed by atoms with van der Waals surface area (Å²) in [6, 6.07) is 15.5. The van der Waals surface area contributed by atoms with Crippen LogP contribution in [0.4, 0.5) is 11.4 Å². The van der Waals surface area contributed by atoms with E-state index in [2.05, 4.69) is 30.6 Å². The average molecular weight is 413 g/mol. The standard InChI is InChI=1S/C25H23N3O3/c1-16-13-27(25(30)24-5-4-10-31-24)23-12-19(8-9-22(23)28(16)17(2)29)18-6-7-20-14-26(3)15-21(20)11-18/h4-12,14-16H,13H2,1-3H3/t16-/m0/s1. The van der Waals surface area contributed by atoms with Crippen molar-refractivity contribution >= 4 is 34.0 Å². The van der Waals surface area contributed by atoms with Crippen molar-refractivity contribution in [2.45, 2.75) is 19.9 Å². The lowest BCUT2D eigenvalue weighted by atomic mass is 9.99. The number of furan rings is 1. The number of nitrogens with zero attached hydrogens (tertiary/aromatic N) is 3. The summed E-state index contributed by atoms with van der Waals surface area (Å²) in [5.41, 5.74) is 3.48. The van der Waals surface area contributed by atoms with E-state index in [4.69, 9.17) is 4.42 Å². The largest absolute Gasteiger partial charge is 0.459 e. The van der Waals surface area contributed by atoms with E-state index >= 15 is 0 Å². The Labute approximate surface area is 180 Å². The molecule has 0 spiro atoms. The maximum atomic E-state index is 13.2. The minimum atomic E-state index is -0.211. The highest BCUT2D eigenvalue weighted by Gasteiger charge is 2.35. The molecule has 0 unspecified atom stereocenters. The number of benzene rings is 2. The second-order valence-electron chi connectivity index (χ2n) is 8.10. The maximum absolute atomic E-state index is 13.2. The molecule has 6 nitrogen and oxygen atoms in total. The summed E-state index contributed by atoms with van der Waals surface area (Å²) in [4.78, 5) is 29.0. The molecular weight excluding hydrogens is 390 g/mol. The van der Waals surface area contributed by atoms with Gasteiger partial charge >= 0.3 is 0 Å². The van der Waals surface area contributed by atoms with E-state index in [0.29, 0.717) is 12.2 Å². The third kappa shape index (κ3) is 3.20. The van der Waals surface area contributed by atoms with Crippen LogP contribution in [0.5, 0.6) is 0 Å². The molecule has 0 saturated carbocycles. The van der Waals surface area contributed by atoms with Crippen molar-refractivity contribution in [1.82, 2.24) is 4.57 Å². The first-order valence-corrected chi connectivity index (χ1v) is 10.3. The minimum absolute atomic E-state index is 0.0442. The molecule has 1 aliphatic heterocycles. The van der Waals surface area contributed by atoms with Crippen molar-refractivity contribution in [3.63, 3.8) is 0 Å². The summed E-state index contributed by atoms with van der Waals surface area (Å²) in [5.74, 6) is 0.0276. The number of aromatic nitrogens is 1. The zero-order chi connectivity index (χ0) is 21.7. The molecule has 0 fully saturated rings. The first-order chi connectivity index (χ1) is 14.9. The van der Waals surface area contributed by atoms with E-state index in [1.807, 2.05) is 36.7 Å². The molecule has 1 atom stereocenters. The van der Waals surface area contributed by atoms with Crippen molar-refractivity contribution < 1.29 is 14.0 Å². The SMILES string of the molecule is CC(=O)N1c2ccc(-c3ccc4cn(C)cc4c3)cc2N(C(=O)c2ccco2)C[C@@H]1C. The third-order valence-corrected chi connectivity index (χ3v) is 5.84. The Kier molecular flexibility index (Phi) is 4.43. The zero-order valence-electron chi connectivity index (χ0n) is 17.7. The summed E-state index contributed by atoms with van der Waals surface area (Å²) in [6.45, 7) is 3.90. The molecule has 31 heavy (non-hydrogen) atoms. The summed E-state index contributed by atoms with van der Waals surface area (Å²) in [6.07, 6.45) is 5.67. The van der Waals surface area contributed by atoms with Gasteiger partial charge in [-0.05, 0) is 59.2 Å². The van der Waals surface area contributed by atoms with Crippen LogP contribution in [0.2, 0.25) is 0 Å². The summed E-state index contributed by atoms with van der Waals surface area (Å²) >= 11 is 0. The van der Waals surface area contributed by atoms with Gasteiger partial charge in [-0.3, -0.25) is 9.59 Å². The Morgan fingerprint density at radius 3 is 2.45 bits per heavy atom. The second kappa shape index (κ2) is 7.16. The van der Waals surface area contributed by atoms with E-state index in [0.717, 1.165) is 22.2 Å². The van der Waals surface area contributed by atoms with E-state index in [1.54, 1.807) is 28.9 Å². The highest BCUT2D eigenvalue weighted by molar-refractivity contribution is 6.10. The predicted octanol–water partition coefficient (Wildman–Crippen LogP) is 4.84. The molecule has 0 saturated heterocycles. The zero-order valence-corrected chi connectivity index (χ0v) is 17.7. The first kappa shape index (κ1) is 19.2. The second-order valence-corrected chi connectivity index (χ2v) is 8.10. The molecule has 5 rings (SSSR count). The fourth-order valence-corrected chi connectivity index (χ4v) is 4.47. The third-order valence-electron chi connectivity index (χ3n) is 5.84. The van der Waals surface area contributed by atoms with Crippen molar-refractivity contribution in [3.05, 3.63) is 72.9 Å². The molecule has 1 aliphatic rings. The minimum Gasteiger partial charge on any atom is -0.459 e. The predicted molar refractivity (Wildman–Crippen MR) is 121 cm³/mol. The fraction of sp³-hybridized carbons (Fsp3) is 0.200. The van der Waals surface area contributed by atoms with Gasteiger partial charge < -0.3 is 18.8 Å². The van der Waals surface area contributed by atoms with Gasteiger partial charge in [-0.25, -0.2) is 0 Å². The smallest absolute Gasteiger partial charge is 0.294 e. The Morgan fingerprint density at radius 2 is 1.71 bits per heavy atom. The van der Waals surface area contributed by atoms with Gasteiger partial charge in [-0.15, -0.1) is 0 Å². The number of anilines is 2. The van der Waals surface area contributed by atoms with Crippen molar-refractivity contribution in [2.75, 3.05) is 16.3 Å². The van der Waals surface area contributed by atoms with Crippen LogP contribution in [0.15, 0.2) is 71.6 Å². The van der Waals surface area contributed by atoms with Gasteiger partial charge in [0.15, 0.2) is 5.76 Å². The van der Waals surface area contributed by atoms with Gasteiger partial charge in [0.25, 0.3) is 5.91 Å². The molecule has 0 aliphatic carbocycles. The maximum Gasteiger partial charge on any atom is 0.294 e. The highest BCUT2D eigenvalue weighted by Crippen LogP contribution is 2.40. The summed E-state index contributed by atoms with van der Waals surface area (Å²) in [5, 5.41) is 2.33. The Bertz CT molecular complexity index is 1300. The molecule has 2 aromatic carbocycles. The van der Waals surface area contributed by atoms with Crippen LogP contribution >= 0.6 is 0 Å². The summed E-state index contributed by atoms with van der Waals surface area (Å²) in [7, 11) is 2.01. The van der Waals surface area contributed by atoms with Gasteiger partial charge in [0.1, 0.15) is 0 Å². The first-order valence-electron chi connectivity index (χ1n) is 10.3.